The lowest BCUT2D eigenvalue weighted by Crippen LogP contribution is -2.57. The topological polar surface area (TPSA) is 154 Å². The van der Waals surface area contributed by atoms with Crippen LogP contribution in [-0.4, -0.2) is 88.2 Å². The molecule has 13 heteroatoms. The van der Waals surface area contributed by atoms with E-state index < -0.39 is 47.3 Å². The number of aryl methyl sites for hydroxylation is 1. The summed E-state index contributed by atoms with van der Waals surface area (Å²) in [6, 6.07) is 6.42. The molecule has 3 N–H and O–H groups in total. The number of fused-ring (bicyclic) bond motifs is 1. The summed E-state index contributed by atoms with van der Waals surface area (Å²) in [5, 5.41) is 8.87. The van der Waals surface area contributed by atoms with Crippen LogP contribution in [-0.2, 0) is 28.6 Å². The molecule has 0 aliphatic carbocycles. The number of benzene rings is 1. The van der Waals surface area contributed by atoms with Crippen molar-refractivity contribution in [2.75, 3.05) is 46.5 Å². The van der Waals surface area contributed by atoms with Crippen LogP contribution in [0.4, 0.5) is 0 Å². The third-order valence-corrected chi connectivity index (χ3v) is 6.55. The summed E-state index contributed by atoms with van der Waals surface area (Å²) < 4.78 is 28.3. The maximum absolute atomic E-state index is 12.5. The first-order valence-corrected chi connectivity index (χ1v) is 12.7. The molecule has 1 aromatic heterocycles. The Morgan fingerprint density at radius 1 is 0.919 bits per heavy atom. The minimum absolute atomic E-state index is 0.0514. The van der Waals surface area contributed by atoms with Gasteiger partial charge < -0.3 is 39.3 Å². The number of likely N-dealkylation sites (N-methyl/N-ethyl adjacent to an activating group) is 3. The predicted molar refractivity (Wildman–Crippen MR) is 136 cm³/mol. The van der Waals surface area contributed by atoms with E-state index in [-0.39, 0.29) is 25.4 Å². The molecule has 0 bridgehead atoms. The average Bonchev–Trinajstić information content (AvgIpc) is 2.82. The number of carbonyl (C=O) groups excluding carboxylic acids is 3. The molecule has 0 saturated carbocycles. The predicted octanol–water partition coefficient (Wildman–Crippen LogP) is -0.0533. The Hall–Kier alpha value is -3.13. The first-order chi connectivity index (χ1) is 17.7. The van der Waals surface area contributed by atoms with Crippen LogP contribution < -0.4 is 26.3 Å². The standard InChI is InChI=1S/C24H31N3O9S/c1-13-7-18(28)33-16-8-14(5-6-15(13)16)32-24-23(36-21(31)11-27-4)22(35-20(30)10-26-3)17(12-37-24)34-19(29)9-25-2/h5-8,17,22-27H,9-12H2,1-4H3/t17-,22+,23-,24+/m1/s1. The summed E-state index contributed by atoms with van der Waals surface area (Å²) in [6.07, 6.45) is -3.14. The van der Waals surface area contributed by atoms with Crippen LogP contribution in [0.5, 0.6) is 5.75 Å². The molecule has 0 radical (unpaired) electrons. The van der Waals surface area contributed by atoms with E-state index in [0.29, 0.717) is 11.3 Å². The Balaban J connectivity index is 1.93. The van der Waals surface area contributed by atoms with E-state index in [0.717, 1.165) is 10.9 Å². The number of carbonyl (C=O) groups is 3. The van der Waals surface area contributed by atoms with Crippen molar-refractivity contribution in [2.24, 2.45) is 0 Å². The number of hydrogen-bond acceptors (Lipinski definition) is 13. The molecule has 0 spiro atoms. The first-order valence-electron chi connectivity index (χ1n) is 11.6. The summed E-state index contributed by atoms with van der Waals surface area (Å²) in [5.41, 5.74) is -0.230. The summed E-state index contributed by atoms with van der Waals surface area (Å²) in [7, 11) is 4.77. The van der Waals surface area contributed by atoms with Gasteiger partial charge in [-0.1, -0.05) is 0 Å². The van der Waals surface area contributed by atoms with Crippen LogP contribution >= 0.6 is 11.8 Å². The van der Waals surface area contributed by atoms with Gasteiger partial charge in [-0.05, 0) is 45.8 Å². The number of esters is 3. The highest BCUT2D eigenvalue weighted by molar-refractivity contribution is 7.99. The zero-order chi connectivity index (χ0) is 26.9. The van der Waals surface area contributed by atoms with Crippen LogP contribution in [0.2, 0.25) is 0 Å². The van der Waals surface area contributed by atoms with Gasteiger partial charge >= 0.3 is 23.5 Å². The van der Waals surface area contributed by atoms with E-state index in [1.807, 2.05) is 0 Å². The van der Waals surface area contributed by atoms with Crippen molar-refractivity contribution < 1.29 is 37.7 Å². The van der Waals surface area contributed by atoms with E-state index in [1.54, 1.807) is 46.3 Å². The molecule has 0 amide bonds. The van der Waals surface area contributed by atoms with Gasteiger partial charge in [-0.15, -0.1) is 11.8 Å². The Morgan fingerprint density at radius 3 is 2.14 bits per heavy atom. The zero-order valence-electron chi connectivity index (χ0n) is 21.0. The lowest BCUT2D eigenvalue weighted by atomic mass is 10.1. The van der Waals surface area contributed by atoms with Gasteiger partial charge in [-0.2, -0.15) is 0 Å². The molecule has 2 aromatic rings. The number of thioether (sulfide) groups is 1. The van der Waals surface area contributed by atoms with Gasteiger partial charge in [-0.3, -0.25) is 14.4 Å². The van der Waals surface area contributed by atoms with Crippen LogP contribution in [0.25, 0.3) is 11.0 Å². The molecule has 202 valence electrons. The van der Waals surface area contributed by atoms with E-state index in [9.17, 15) is 19.2 Å². The first kappa shape index (κ1) is 28.4. The highest BCUT2D eigenvalue weighted by atomic mass is 32.2. The largest absolute Gasteiger partial charge is 0.476 e. The quantitative estimate of drug-likeness (QED) is 0.199. The number of rotatable bonds is 11. The second-order valence-electron chi connectivity index (χ2n) is 8.25. The molecule has 4 atom stereocenters. The minimum atomic E-state index is -1.13. The lowest BCUT2D eigenvalue weighted by molar-refractivity contribution is -0.188. The monoisotopic (exact) mass is 537 g/mol. The smallest absolute Gasteiger partial charge is 0.336 e. The zero-order valence-corrected chi connectivity index (χ0v) is 21.8. The van der Waals surface area contributed by atoms with Gasteiger partial charge in [0.2, 0.25) is 0 Å². The Kier molecular flexibility index (Phi) is 10.3. The average molecular weight is 538 g/mol. The molecular weight excluding hydrogens is 506 g/mol. The van der Waals surface area contributed by atoms with Crippen molar-refractivity contribution >= 4 is 40.6 Å². The van der Waals surface area contributed by atoms with Crippen molar-refractivity contribution in [1.29, 1.82) is 0 Å². The fourth-order valence-corrected chi connectivity index (χ4v) is 4.97. The van der Waals surface area contributed by atoms with E-state index >= 15 is 0 Å². The summed E-state index contributed by atoms with van der Waals surface area (Å²) in [5.74, 6) is -1.23. The van der Waals surface area contributed by atoms with Gasteiger partial charge in [0.1, 0.15) is 11.3 Å². The van der Waals surface area contributed by atoms with Crippen molar-refractivity contribution in [3.8, 4) is 5.75 Å². The second-order valence-corrected chi connectivity index (χ2v) is 9.39. The van der Waals surface area contributed by atoms with Gasteiger partial charge in [0.05, 0.1) is 19.6 Å². The highest BCUT2D eigenvalue weighted by Gasteiger charge is 2.48. The Bertz CT molecular complexity index is 1170. The Morgan fingerprint density at radius 2 is 1.51 bits per heavy atom. The molecular formula is C24H31N3O9S. The minimum Gasteiger partial charge on any atom is -0.476 e. The lowest BCUT2D eigenvalue weighted by Gasteiger charge is -2.40. The number of hydrogen-bond donors (Lipinski definition) is 3. The van der Waals surface area contributed by atoms with Crippen molar-refractivity contribution in [3.63, 3.8) is 0 Å². The summed E-state index contributed by atoms with van der Waals surface area (Å²) >= 11 is 1.23. The van der Waals surface area contributed by atoms with Gasteiger partial charge in [0.25, 0.3) is 0 Å². The van der Waals surface area contributed by atoms with Gasteiger partial charge in [0, 0.05) is 23.3 Å². The molecule has 0 unspecified atom stereocenters. The van der Waals surface area contributed by atoms with Crippen LogP contribution in [0.3, 0.4) is 0 Å². The highest BCUT2D eigenvalue weighted by Crippen LogP contribution is 2.35. The van der Waals surface area contributed by atoms with Crippen LogP contribution in [0, 0.1) is 6.92 Å². The SMILES string of the molecule is CNCC(=O)O[C@@H]1[C@@H](OC(=O)CNC)[C@@H](Oc2ccc3c(C)cc(=O)oc3c2)SC[C@H]1OC(=O)CNC. The molecule has 12 nitrogen and oxygen atoms in total. The second kappa shape index (κ2) is 13.4. The van der Waals surface area contributed by atoms with E-state index in [2.05, 4.69) is 16.0 Å². The van der Waals surface area contributed by atoms with E-state index in [4.69, 9.17) is 23.4 Å². The summed E-state index contributed by atoms with van der Waals surface area (Å²) in [4.78, 5) is 49.0. The van der Waals surface area contributed by atoms with Gasteiger partial charge in [0.15, 0.2) is 23.7 Å². The molecule has 1 fully saturated rings. The number of nitrogens with one attached hydrogen (secondary N) is 3. The maximum Gasteiger partial charge on any atom is 0.336 e. The van der Waals surface area contributed by atoms with E-state index in [1.165, 1.54) is 17.8 Å². The molecule has 3 rings (SSSR count). The Labute approximate surface area is 217 Å². The van der Waals surface area contributed by atoms with Crippen LogP contribution in [0.15, 0.2) is 33.5 Å². The molecule has 1 aliphatic heterocycles. The van der Waals surface area contributed by atoms with Crippen molar-refractivity contribution in [2.45, 2.75) is 30.7 Å². The maximum atomic E-state index is 12.5. The molecule has 37 heavy (non-hydrogen) atoms. The molecule has 1 saturated heterocycles. The fraction of sp³-hybridized carbons (Fsp3) is 0.500. The summed E-state index contributed by atoms with van der Waals surface area (Å²) in [6.45, 7) is 1.54. The van der Waals surface area contributed by atoms with Crippen molar-refractivity contribution in [3.05, 3.63) is 40.2 Å². The third-order valence-electron chi connectivity index (χ3n) is 5.34. The normalized spacial score (nSPS) is 21.3. The third kappa shape index (κ3) is 7.68. The fourth-order valence-electron chi connectivity index (χ4n) is 3.76. The van der Waals surface area contributed by atoms with Crippen molar-refractivity contribution in [1.82, 2.24) is 16.0 Å². The number of ether oxygens (including phenoxy) is 4. The molecule has 2 heterocycles. The van der Waals surface area contributed by atoms with Gasteiger partial charge in [-0.25, -0.2) is 4.79 Å². The van der Waals surface area contributed by atoms with Crippen LogP contribution in [0.1, 0.15) is 5.56 Å². The molecule has 1 aromatic carbocycles. The molecule has 1 aliphatic rings.